The van der Waals surface area contributed by atoms with E-state index in [0.717, 1.165) is 10.9 Å². The number of imidazole rings is 1. The molecule has 2 saturated heterocycles. The van der Waals surface area contributed by atoms with Crippen LogP contribution in [-0.4, -0.2) is 124 Å². The van der Waals surface area contributed by atoms with Crippen LogP contribution in [0.2, 0.25) is 0 Å². The van der Waals surface area contributed by atoms with Crippen molar-refractivity contribution in [1.29, 1.82) is 0 Å². The molecule has 3 unspecified atom stereocenters. The van der Waals surface area contributed by atoms with E-state index in [-0.39, 0.29) is 53.3 Å². The standard InChI is InChI=1S/C19H27N5O16P2.Na/c1-2-3-35-4-7-10(25)12(27)14(29)18(38-7)39-42(33,34)40-41(31,32)36-5-8-11(26)13(28)17(37-8)24-6-21-9-15(24)22-19(20)23-16(9)30;/h1,6-8,10-14,17-18,25-29H,3-5H2,(H,31,32)(H,33,34)(H3,20,22,23,30);/q;+1/t7-,8+,10+,11+,12+,13+,14-,17+,18?;/m0./s1. The summed E-state index contributed by atoms with van der Waals surface area (Å²) >= 11 is 0. The zero-order valence-corrected chi connectivity index (χ0v) is 25.9. The van der Waals surface area contributed by atoms with Crippen molar-refractivity contribution in [3.63, 3.8) is 0 Å². The van der Waals surface area contributed by atoms with Crippen LogP contribution in [0.5, 0.6) is 0 Å². The molecule has 2 fully saturated rings. The second kappa shape index (κ2) is 14.4. The van der Waals surface area contributed by atoms with E-state index in [1.807, 2.05) is 0 Å². The summed E-state index contributed by atoms with van der Waals surface area (Å²) in [5.74, 6) is 1.86. The molecule has 0 amide bonds. The van der Waals surface area contributed by atoms with Gasteiger partial charge in [-0.3, -0.25) is 23.4 Å². The number of aliphatic hydroxyl groups excluding tert-OH is 5. The van der Waals surface area contributed by atoms with Crippen LogP contribution in [0.25, 0.3) is 11.2 Å². The van der Waals surface area contributed by atoms with Crippen molar-refractivity contribution < 1.29 is 102 Å². The van der Waals surface area contributed by atoms with Crippen molar-refractivity contribution in [2.75, 3.05) is 25.6 Å². The molecule has 11 atom stereocenters. The molecule has 0 bridgehead atoms. The van der Waals surface area contributed by atoms with Crippen molar-refractivity contribution in [1.82, 2.24) is 19.5 Å². The molecule has 4 heterocycles. The van der Waals surface area contributed by atoms with Crippen molar-refractivity contribution in [3.8, 4) is 12.3 Å². The zero-order chi connectivity index (χ0) is 31.0. The van der Waals surface area contributed by atoms with Gasteiger partial charge in [0.05, 0.1) is 19.5 Å². The second-order valence-electron chi connectivity index (χ2n) is 8.98. The fraction of sp³-hybridized carbons (Fsp3) is 0.632. The Morgan fingerprint density at radius 2 is 1.67 bits per heavy atom. The number of fused-ring (bicyclic) bond motifs is 1. The summed E-state index contributed by atoms with van der Waals surface area (Å²) in [4.78, 5) is 42.0. The zero-order valence-electron chi connectivity index (χ0n) is 22.1. The van der Waals surface area contributed by atoms with Gasteiger partial charge in [-0.1, -0.05) is 5.92 Å². The Morgan fingerprint density at radius 3 is 2.35 bits per heavy atom. The minimum absolute atomic E-state index is 0. The molecule has 21 nitrogen and oxygen atoms in total. The van der Waals surface area contributed by atoms with Gasteiger partial charge >= 0.3 is 45.2 Å². The molecule has 10 N–H and O–H groups in total. The van der Waals surface area contributed by atoms with Crippen LogP contribution in [0, 0.1) is 12.3 Å². The number of phosphoric ester groups is 2. The van der Waals surface area contributed by atoms with Gasteiger partial charge in [-0.05, 0) is 0 Å². The molecular weight excluding hydrogens is 639 g/mol. The number of nitrogens with zero attached hydrogens (tertiary/aromatic N) is 3. The maximum Gasteiger partial charge on any atom is 1.00 e. The van der Waals surface area contributed by atoms with Crippen LogP contribution in [-0.2, 0) is 36.7 Å². The average Bonchev–Trinajstić information content (AvgIpc) is 3.44. The van der Waals surface area contributed by atoms with E-state index in [4.69, 9.17) is 26.4 Å². The van der Waals surface area contributed by atoms with Gasteiger partial charge < -0.3 is 55.3 Å². The third-order valence-electron chi connectivity index (χ3n) is 6.04. The van der Waals surface area contributed by atoms with E-state index in [9.17, 15) is 49.2 Å². The van der Waals surface area contributed by atoms with Gasteiger partial charge in [-0.25, -0.2) is 14.1 Å². The maximum atomic E-state index is 12.4. The van der Waals surface area contributed by atoms with E-state index in [2.05, 4.69) is 34.2 Å². The van der Waals surface area contributed by atoms with E-state index >= 15 is 0 Å². The quantitative estimate of drug-likeness (QED) is 0.0465. The van der Waals surface area contributed by atoms with Crippen molar-refractivity contribution >= 4 is 32.8 Å². The Bertz CT molecular complexity index is 1470. The van der Waals surface area contributed by atoms with Gasteiger partial charge in [0.15, 0.2) is 23.7 Å². The molecule has 2 aromatic rings. The fourth-order valence-electron chi connectivity index (χ4n) is 4.07. The van der Waals surface area contributed by atoms with Gasteiger partial charge in [-0.2, -0.15) is 9.29 Å². The molecule has 0 aromatic carbocycles. The Hall–Kier alpha value is -1.35. The van der Waals surface area contributed by atoms with Crippen LogP contribution >= 0.6 is 15.6 Å². The van der Waals surface area contributed by atoms with E-state index in [1.54, 1.807) is 0 Å². The number of hydrogen-bond acceptors (Lipinski definition) is 17. The Kier molecular flexibility index (Phi) is 12.1. The second-order valence-corrected chi connectivity index (χ2v) is 12.0. The van der Waals surface area contributed by atoms with Crippen LogP contribution < -0.4 is 40.9 Å². The summed E-state index contributed by atoms with van der Waals surface area (Å²) in [6, 6.07) is 0. The molecule has 24 heteroatoms. The molecular formula is C19H27N5NaO16P2+. The SMILES string of the molecule is C#CCOC[C@@H]1OC(OP(=O)(O)OP(=O)(O)OC[C@H]2O[C@@H](n3cnc4c(=O)[nH]c(N)nc43)[C@H](O)[C@@H]2O)[C@@H](O)[C@H](O)[C@@H]1O.[Na+]. The minimum atomic E-state index is -5.61. The maximum absolute atomic E-state index is 12.4. The summed E-state index contributed by atoms with van der Waals surface area (Å²) in [5, 5.41) is 50.9. The number of aromatic nitrogens is 4. The minimum Gasteiger partial charge on any atom is -0.387 e. The number of phosphoric acid groups is 2. The number of aliphatic hydroxyl groups is 5. The smallest absolute Gasteiger partial charge is 0.387 e. The number of rotatable bonds is 11. The van der Waals surface area contributed by atoms with Crippen molar-refractivity contribution in [2.24, 2.45) is 0 Å². The van der Waals surface area contributed by atoms with Crippen LogP contribution in [0.3, 0.4) is 0 Å². The normalized spacial score (nSPS) is 33.8. The third-order valence-corrected chi connectivity index (χ3v) is 8.64. The van der Waals surface area contributed by atoms with Crippen LogP contribution in [0.1, 0.15) is 6.23 Å². The number of aromatic amines is 1. The first kappa shape index (κ1) is 36.1. The Balaban J connectivity index is 0.00000506. The predicted octanol–water partition coefficient (Wildman–Crippen LogP) is -6.97. The number of terminal acetylenes is 1. The van der Waals surface area contributed by atoms with Gasteiger partial charge in [0.25, 0.3) is 5.56 Å². The van der Waals surface area contributed by atoms with Gasteiger partial charge in [0, 0.05) is 0 Å². The summed E-state index contributed by atoms with van der Waals surface area (Å²) < 4.78 is 54.9. The number of nitrogen functional groups attached to an aromatic ring is 1. The number of hydrogen-bond donors (Lipinski definition) is 9. The molecule has 0 aliphatic carbocycles. The van der Waals surface area contributed by atoms with Crippen LogP contribution in [0.15, 0.2) is 11.1 Å². The topological polar surface area (TPSA) is 321 Å². The van der Waals surface area contributed by atoms with E-state index in [0.29, 0.717) is 0 Å². The molecule has 0 radical (unpaired) electrons. The Labute approximate surface area is 263 Å². The van der Waals surface area contributed by atoms with Gasteiger partial charge in [-0.15, -0.1) is 6.42 Å². The first-order valence-electron chi connectivity index (χ1n) is 11.8. The fourth-order valence-corrected chi connectivity index (χ4v) is 6.23. The first-order valence-corrected chi connectivity index (χ1v) is 14.8. The summed E-state index contributed by atoms with van der Waals surface area (Å²) in [5.41, 5.74) is 4.56. The molecule has 2 aliphatic heterocycles. The first-order chi connectivity index (χ1) is 19.6. The Morgan fingerprint density at radius 1 is 1.02 bits per heavy atom. The average molecular weight is 666 g/mol. The van der Waals surface area contributed by atoms with Crippen molar-refractivity contribution in [3.05, 3.63) is 16.7 Å². The van der Waals surface area contributed by atoms with Gasteiger partial charge in [0.2, 0.25) is 5.95 Å². The predicted molar refractivity (Wildman–Crippen MR) is 133 cm³/mol. The summed E-state index contributed by atoms with van der Waals surface area (Å²) in [6.07, 6.45) is -9.68. The number of nitrogens with two attached hydrogens (primary N) is 1. The van der Waals surface area contributed by atoms with Crippen LogP contribution in [0.4, 0.5) is 5.95 Å². The van der Waals surface area contributed by atoms with E-state index < -0.39 is 89.7 Å². The van der Waals surface area contributed by atoms with Gasteiger partial charge in [0.1, 0.15) is 49.3 Å². The number of H-pyrrole nitrogens is 1. The number of ether oxygens (including phenoxy) is 3. The molecule has 43 heavy (non-hydrogen) atoms. The summed E-state index contributed by atoms with van der Waals surface area (Å²) in [6.45, 7) is -1.64. The molecule has 2 aromatic heterocycles. The number of anilines is 1. The molecule has 0 spiro atoms. The monoisotopic (exact) mass is 666 g/mol. The number of nitrogens with one attached hydrogen (secondary N) is 1. The molecule has 0 saturated carbocycles. The molecule has 2 aliphatic rings. The van der Waals surface area contributed by atoms with Crippen molar-refractivity contribution in [2.45, 2.75) is 55.2 Å². The molecule has 4 rings (SSSR count). The molecule has 234 valence electrons. The summed E-state index contributed by atoms with van der Waals surface area (Å²) in [7, 11) is -11.1. The third kappa shape index (κ3) is 8.28. The van der Waals surface area contributed by atoms with E-state index in [1.165, 1.54) is 0 Å². The largest absolute Gasteiger partial charge is 1.00 e.